The van der Waals surface area contributed by atoms with Gasteiger partial charge in [0.15, 0.2) is 0 Å². The molecule has 0 amide bonds. The van der Waals surface area contributed by atoms with Crippen LogP contribution < -0.4 is 0 Å². The molecule has 1 aliphatic rings. The standard InChI is InChI=1S/C10H17NO2/c1-12-9-10(6-4-7-11)5-2-3-8-13-10/h2-6,8-9H2,1H3. The third-order valence-electron chi connectivity index (χ3n) is 2.53. The van der Waals surface area contributed by atoms with Gasteiger partial charge < -0.3 is 9.47 Å². The van der Waals surface area contributed by atoms with E-state index in [2.05, 4.69) is 6.07 Å². The monoisotopic (exact) mass is 183 g/mol. The van der Waals surface area contributed by atoms with Crippen LogP contribution in [0, 0.1) is 11.3 Å². The van der Waals surface area contributed by atoms with Crippen LogP contribution in [0.3, 0.4) is 0 Å². The number of rotatable bonds is 4. The summed E-state index contributed by atoms with van der Waals surface area (Å²) in [4.78, 5) is 0. The molecule has 0 bridgehead atoms. The molecule has 0 N–H and O–H groups in total. The zero-order chi connectivity index (χ0) is 9.57. The van der Waals surface area contributed by atoms with Gasteiger partial charge in [0.25, 0.3) is 0 Å². The Labute approximate surface area is 79.6 Å². The Kier molecular flexibility index (Phi) is 4.20. The van der Waals surface area contributed by atoms with E-state index in [-0.39, 0.29) is 5.60 Å². The summed E-state index contributed by atoms with van der Waals surface area (Å²) in [6, 6.07) is 2.16. The number of hydrogen-bond donors (Lipinski definition) is 0. The van der Waals surface area contributed by atoms with Crippen molar-refractivity contribution < 1.29 is 9.47 Å². The van der Waals surface area contributed by atoms with Gasteiger partial charge in [-0.1, -0.05) is 0 Å². The SMILES string of the molecule is COCC1(CCC#N)CCCCO1. The maximum absolute atomic E-state index is 8.53. The molecule has 0 aromatic rings. The molecule has 1 fully saturated rings. The second-order valence-corrected chi connectivity index (χ2v) is 3.58. The molecule has 1 unspecified atom stereocenters. The minimum Gasteiger partial charge on any atom is -0.382 e. The summed E-state index contributed by atoms with van der Waals surface area (Å²) in [6.07, 6.45) is 4.72. The lowest BCUT2D eigenvalue weighted by Crippen LogP contribution is -2.40. The Morgan fingerprint density at radius 1 is 1.54 bits per heavy atom. The Morgan fingerprint density at radius 2 is 2.38 bits per heavy atom. The molecular formula is C10H17NO2. The number of hydrogen-bond acceptors (Lipinski definition) is 3. The topological polar surface area (TPSA) is 42.2 Å². The number of ether oxygens (including phenoxy) is 2. The van der Waals surface area contributed by atoms with Crippen LogP contribution in [-0.4, -0.2) is 25.9 Å². The summed E-state index contributed by atoms with van der Waals surface area (Å²) in [5.41, 5.74) is -0.164. The first-order valence-electron chi connectivity index (χ1n) is 4.83. The molecule has 1 heterocycles. The lowest BCUT2D eigenvalue weighted by Gasteiger charge is -2.36. The third kappa shape index (κ3) is 2.98. The third-order valence-corrected chi connectivity index (χ3v) is 2.53. The summed E-state index contributed by atoms with van der Waals surface area (Å²) in [6.45, 7) is 1.43. The molecule has 13 heavy (non-hydrogen) atoms. The van der Waals surface area contributed by atoms with Crippen LogP contribution >= 0.6 is 0 Å². The first-order valence-corrected chi connectivity index (χ1v) is 4.83. The first kappa shape index (κ1) is 10.5. The molecule has 1 saturated heterocycles. The Bertz CT molecular complexity index is 174. The maximum atomic E-state index is 8.53. The minimum absolute atomic E-state index is 0.164. The van der Waals surface area contributed by atoms with E-state index in [1.54, 1.807) is 7.11 Å². The molecule has 0 radical (unpaired) electrons. The Morgan fingerprint density at radius 3 is 2.92 bits per heavy atom. The van der Waals surface area contributed by atoms with Gasteiger partial charge in [-0.2, -0.15) is 5.26 Å². The molecule has 0 spiro atoms. The highest BCUT2D eigenvalue weighted by Gasteiger charge is 2.32. The highest BCUT2D eigenvalue weighted by Crippen LogP contribution is 2.29. The highest BCUT2D eigenvalue weighted by atomic mass is 16.5. The molecular weight excluding hydrogens is 166 g/mol. The second-order valence-electron chi connectivity index (χ2n) is 3.58. The van der Waals surface area contributed by atoms with Gasteiger partial charge in [-0.3, -0.25) is 0 Å². The predicted octanol–water partition coefficient (Wildman–Crippen LogP) is 1.88. The molecule has 1 aliphatic heterocycles. The van der Waals surface area contributed by atoms with Crippen LogP contribution in [0.1, 0.15) is 32.1 Å². The number of nitrogens with zero attached hydrogens (tertiary/aromatic N) is 1. The fourth-order valence-electron chi connectivity index (χ4n) is 1.84. The van der Waals surface area contributed by atoms with Crippen molar-refractivity contribution in [3.05, 3.63) is 0 Å². The van der Waals surface area contributed by atoms with E-state index in [1.807, 2.05) is 0 Å². The zero-order valence-electron chi connectivity index (χ0n) is 8.21. The predicted molar refractivity (Wildman–Crippen MR) is 49.3 cm³/mol. The molecule has 0 saturated carbocycles. The van der Waals surface area contributed by atoms with Crippen molar-refractivity contribution in [2.45, 2.75) is 37.7 Å². The largest absolute Gasteiger partial charge is 0.382 e. The van der Waals surface area contributed by atoms with E-state index >= 15 is 0 Å². The van der Waals surface area contributed by atoms with E-state index in [0.717, 1.165) is 25.9 Å². The van der Waals surface area contributed by atoms with E-state index in [9.17, 15) is 0 Å². The first-order chi connectivity index (χ1) is 6.33. The van der Waals surface area contributed by atoms with Crippen molar-refractivity contribution in [3.8, 4) is 6.07 Å². The average Bonchev–Trinajstić information content (AvgIpc) is 2.17. The Hall–Kier alpha value is -0.590. The summed E-state index contributed by atoms with van der Waals surface area (Å²) >= 11 is 0. The van der Waals surface area contributed by atoms with Gasteiger partial charge in [-0.05, 0) is 25.7 Å². The minimum atomic E-state index is -0.164. The van der Waals surface area contributed by atoms with Crippen molar-refractivity contribution in [2.75, 3.05) is 20.3 Å². The van der Waals surface area contributed by atoms with Crippen LogP contribution in [0.15, 0.2) is 0 Å². The fourth-order valence-corrected chi connectivity index (χ4v) is 1.84. The van der Waals surface area contributed by atoms with Gasteiger partial charge in [0, 0.05) is 20.1 Å². The molecule has 74 valence electrons. The van der Waals surface area contributed by atoms with Crippen molar-refractivity contribution in [2.24, 2.45) is 0 Å². The normalized spacial score (nSPS) is 28.3. The van der Waals surface area contributed by atoms with Crippen LogP contribution in [0.2, 0.25) is 0 Å². The summed E-state index contributed by atoms with van der Waals surface area (Å²) < 4.78 is 10.9. The fraction of sp³-hybridized carbons (Fsp3) is 0.900. The van der Waals surface area contributed by atoms with Crippen LogP contribution in [-0.2, 0) is 9.47 Å². The van der Waals surface area contributed by atoms with E-state index < -0.39 is 0 Å². The van der Waals surface area contributed by atoms with Gasteiger partial charge in [0.2, 0.25) is 0 Å². The van der Waals surface area contributed by atoms with Gasteiger partial charge in [0.05, 0.1) is 18.3 Å². The maximum Gasteiger partial charge on any atom is 0.0924 e. The summed E-state index contributed by atoms with van der Waals surface area (Å²) in [5, 5.41) is 8.53. The second kappa shape index (κ2) is 5.21. The average molecular weight is 183 g/mol. The van der Waals surface area contributed by atoms with E-state index in [4.69, 9.17) is 14.7 Å². The smallest absolute Gasteiger partial charge is 0.0924 e. The van der Waals surface area contributed by atoms with Crippen LogP contribution in [0.25, 0.3) is 0 Å². The number of methoxy groups -OCH3 is 1. The molecule has 1 atom stereocenters. The summed E-state index contributed by atoms with van der Waals surface area (Å²) in [7, 11) is 1.69. The molecule has 0 aliphatic carbocycles. The van der Waals surface area contributed by atoms with Crippen LogP contribution in [0.5, 0.6) is 0 Å². The number of nitriles is 1. The van der Waals surface area contributed by atoms with E-state index in [0.29, 0.717) is 13.0 Å². The highest BCUT2D eigenvalue weighted by molar-refractivity contribution is 4.87. The lowest BCUT2D eigenvalue weighted by atomic mass is 9.90. The molecule has 0 aromatic carbocycles. The van der Waals surface area contributed by atoms with Gasteiger partial charge in [-0.25, -0.2) is 0 Å². The van der Waals surface area contributed by atoms with Crippen molar-refractivity contribution in [1.29, 1.82) is 5.26 Å². The molecule has 3 nitrogen and oxygen atoms in total. The lowest BCUT2D eigenvalue weighted by molar-refractivity contribution is -0.119. The van der Waals surface area contributed by atoms with Crippen molar-refractivity contribution >= 4 is 0 Å². The van der Waals surface area contributed by atoms with Gasteiger partial charge in [-0.15, -0.1) is 0 Å². The van der Waals surface area contributed by atoms with Gasteiger partial charge >= 0.3 is 0 Å². The van der Waals surface area contributed by atoms with Gasteiger partial charge in [0.1, 0.15) is 0 Å². The molecule has 3 heteroatoms. The summed E-state index contributed by atoms with van der Waals surface area (Å²) in [5.74, 6) is 0. The van der Waals surface area contributed by atoms with Crippen LogP contribution in [0.4, 0.5) is 0 Å². The quantitative estimate of drug-likeness (QED) is 0.668. The van der Waals surface area contributed by atoms with E-state index in [1.165, 1.54) is 6.42 Å². The van der Waals surface area contributed by atoms with Crippen molar-refractivity contribution in [3.63, 3.8) is 0 Å². The van der Waals surface area contributed by atoms with Crippen molar-refractivity contribution in [1.82, 2.24) is 0 Å². The molecule has 0 aromatic heterocycles. The Balaban J connectivity index is 2.46. The molecule has 1 rings (SSSR count). The zero-order valence-corrected chi connectivity index (χ0v) is 8.21.